The fourth-order valence-corrected chi connectivity index (χ4v) is 9.91. The first kappa shape index (κ1) is 76.9. The summed E-state index contributed by atoms with van der Waals surface area (Å²) in [6.45, 7) is 6.69. The number of unbranched alkanes of at least 4 members (excludes halogenated alkanes) is 30. The molecule has 0 aliphatic carbocycles. The lowest BCUT2D eigenvalue weighted by Gasteiger charge is -2.30. The first-order valence-corrected chi connectivity index (χ1v) is 34.5. The van der Waals surface area contributed by atoms with Gasteiger partial charge in [-0.3, -0.25) is 14.2 Å². The molecule has 3 atom stereocenters. The molecular formula is C70H125N2O7P. The van der Waals surface area contributed by atoms with Gasteiger partial charge in [0.2, 0.25) is 5.91 Å². The Balaban J connectivity index is 5.10. The topological polar surface area (TPSA) is 114 Å². The lowest BCUT2D eigenvalue weighted by atomic mass is 10.0. The maximum Gasteiger partial charge on any atom is 0.306 e. The molecule has 0 rings (SSSR count). The summed E-state index contributed by atoms with van der Waals surface area (Å²) >= 11 is 0. The van der Waals surface area contributed by atoms with E-state index in [-0.39, 0.29) is 24.9 Å². The van der Waals surface area contributed by atoms with Gasteiger partial charge in [-0.05, 0) is 102 Å². The minimum atomic E-state index is -4.71. The first-order valence-electron chi connectivity index (χ1n) is 33.1. The van der Waals surface area contributed by atoms with Gasteiger partial charge in [-0.15, -0.1) is 0 Å². The van der Waals surface area contributed by atoms with Gasteiger partial charge in [0.05, 0.1) is 33.8 Å². The number of phosphoric ester groups is 1. The molecule has 0 saturated heterocycles. The van der Waals surface area contributed by atoms with E-state index in [2.05, 4.69) is 111 Å². The van der Waals surface area contributed by atoms with Crippen LogP contribution in [0.5, 0.6) is 0 Å². The zero-order valence-electron chi connectivity index (χ0n) is 52.8. The average Bonchev–Trinajstić information content (AvgIpc) is 3.43. The number of carbonyl (C=O) groups excluding carboxylic acids is 2. The summed E-state index contributed by atoms with van der Waals surface area (Å²) in [5.74, 6) is -0.558. The molecule has 0 radical (unpaired) electrons. The Hall–Kier alpha value is -3.07. The minimum absolute atomic E-state index is 0.0286. The highest BCUT2D eigenvalue weighted by Gasteiger charge is 2.27. The van der Waals surface area contributed by atoms with Gasteiger partial charge in [-0.25, -0.2) is 0 Å². The highest BCUT2D eigenvalue weighted by molar-refractivity contribution is 7.45. The van der Waals surface area contributed by atoms with Gasteiger partial charge in [0, 0.05) is 12.8 Å². The number of quaternary nitrogens is 1. The largest absolute Gasteiger partial charge is 0.756 e. The first-order chi connectivity index (χ1) is 38.9. The van der Waals surface area contributed by atoms with Gasteiger partial charge in [0.15, 0.2) is 0 Å². The molecule has 0 fully saturated rings. The van der Waals surface area contributed by atoms with Crippen molar-refractivity contribution >= 4 is 19.7 Å². The molecule has 1 amide bonds. The second-order valence-corrected chi connectivity index (χ2v) is 24.7. The van der Waals surface area contributed by atoms with E-state index in [1.165, 1.54) is 122 Å². The second kappa shape index (κ2) is 59.1. The number of phosphoric acid groups is 1. The van der Waals surface area contributed by atoms with Crippen molar-refractivity contribution in [2.24, 2.45) is 0 Å². The number of nitrogens with one attached hydrogen (secondary N) is 1. The Morgan fingerprint density at radius 1 is 0.463 bits per heavy atom. The van der Waals surface area contributed by atoms with Gasteiger partial charge < -0.3 is 28.5 Å². The van der Waals surface area contributed by atoms with Crippen LogP contribution < -0.4 is 10.2 Å². The van der Waals surface area contributed by atoms with Crippen LogP contribution in [-0.2, 0) is 27.9 Å². The van der Waals surface area contributed by atoms with Crippen LogP contribution >= 0.6 is 7.82 Å². The minimum Gasteiger partial charge on any atom is -0.756 e. The Bertz CT molecular complexity index is 1690. The third-order valence-electron chi connectivity index (χ3n) is 14.3. The number of amides is 1. The van der Waals surface area contributed by atoms with Gasteiger partial charge >= 0.3 is 5.97 Å². The van der Waals surface area contributed by atoms with Crippen molar-refractivity contribution in [3.63, 3.8) is 0 Å². The molecule has 0 aromatic heterocycles. The van der Waals surface area contributed by atoms with E-state index in [1.807, 2.05) is 33.3 Å². The number of rotatable bonds is 59. The molecule has 9 nitrogen and oxygen atoms in total. The lowest BCUT2D eigenvalue weighted by molar-refractivity contribution is -0.870. The van der Waals surface area contributed by atoms with E-state index >= 15 is 0 Å². The highest BCUT2D eigenvalue weighted by atomic mass is 31.2. The second-order valence-electron chi connectivity index (χ2n) is 23.3. The van der Waals surface area contributed by atoms with E-state index in [0.29, 0.717) is 17.4 Å². The van der Waals surface area contributed by atoms with Gasteiger partial charge in [-0.1, -0.05) is 266 Å². The summed E-state index contributed by atoms with van der Waals surface area (Å²) in [6.07, 6.45) is 79.5. The molecule has 0 aromatic carbocycles. The molecule has 0 aliphatic heterocycles. The third-order valence-corrected chi connectivity index (χ3v) is 15.2. The fraction of sp³-hybridized carbons (Fsp3) is 0.743. The lowest BCUT2D eigenvalue weighted by Crippen LogP contribution is -2.47. The van der Waals surface area contributed by atoms with Crippen molar-refractivity contribution < 1.29 is 37.3 Å². The van der Waals surface area contributed by atoms with Crippen LogP contribution in [0.4, 0.5) is 0 Å². The Morgan fingerprint density at radius 3 is 1.30 bits per heavy atom. The summed E-state index contributed by atoms with van der Waals surface area (Å²) in [5.41, 5.74) is 0. The van der Waals surface area contributed by atoms with E-state index in [4.69, 9.17) is 13.8 Å². The number of nitrogens with zero attached hydrogens (tertiary/aromatic N) is 1. The molecule has 0 saturated carbocycles. The number of carbonyl (C=O) groups is 2. The molecule has 3 unspecified atom stereocenters. The molecule has 462 valence electrons. The van der Waals surface area contributed by atoms with Crippen LogP contribution in [0.25, 0.3) is 0 Å². The molecule has 1 N–H and O–H groups in total. The molecule has 0 aromatic rings. The van der Waals surface area contributed by atoms with Crippen LogP contribution in [0.1, 0.15) is 284 Å². The average molecular weight is 1140 g/mol. The number of hydrogen-bond donors (Lipinski definition) is 1. The van der Waals surface area contributed by atoms with E-state index in [1.54, 1.807) is 0 Å². The maximum atomic E-state index is 13.5. The van der Waals surface area contributed by atoms with Crippen LogP contribution in [-0.4, -0.2) is 69.4 Å². The summed E-state index contributed by atoms with van der Waals surface area (Å²) in [5, 5.41) is 3.02. The Kier molecular flexibility index (Phi) is 56.8. The smallest absolute Gasteiger partial charge is 0.306 e. The van der Waals surface area contributed by atoms with Crippen molar-refractivity contribution in [1.29, 1.82) is 0 Å². The zero-order valence-corrected chi connectivity index (χ0v) is 53.7. The molecule has 10 heteroatoms. The molecule has 0 aliphatic rings. The van der Waals surface area contributed by atoms with Crippen molar-refractivity contribution in [2.75, 3.05) is 40.9 Å². The van der Waals surface area contributed by atoms with E-state index < -0.39 is 26.6 Å². The maximum absolute atomic E-state index is 13.5. The van der Waals surface area contributed by atoms with Gasteiger partial charge in [0.25, 0.3) is 7.82 Å². The van der Waals surface area contributed by atoms with E-state index in [9.17, 15) is 19.0 Å². The van der Waals surface area contributed by atoms with Crippen molar-refractivity contribution in [2.45, 2.75) is 296 Å². The van der Waals surface area contributed by atoms with E-state index in [0.717, 1.165) is 128 Å². The van der Waals surface area contributed by atoms with Crippen molar-refractivity contribution in [1.82, 2.24) is 5.32 Å². The molecular weight excluding hydrogens is 1010 g/mol. The number of likely N-dealkylation sites (N-methyl/N-ethyl adjacent to an activating group) is 1. The quantitative estimate of drug-likeness (QED) is 0.0161. The predicted molar refractivity (Wildman–Crippen MR) is 344 cm³/mol. The number of allylic oxidation sites excluding steroid dienone is 15. The number of ether oxygens (including phenoxy) is 1. The fourth-order valence-electron chi connectivity index (χ4n) is 9.19. The highest BCUT2D eigenvalue weighted by Crippen LogP contribution is 2.38. The van der Waals surface area contributed by atoms with Gasteiger partial charge in [0.1, 0.15) is 19.3 Å². The number of hydrogen-bond acceptors (Lipinski definition) is 7. The summed E-state index contributed by atoms with van der Waals surface area (Å²) in [7, 11) is 1.17. The summed E-state index contributed by atoms with van der Waals surface area (Å²) in [4.78, 5) is 40.0. The Labute approximate surface area is 494 Å². The van der Waals surface area contributed by atoms with Crippen LogP contribution in [0.3, 0.4) is 0 Å². The predicted octanol–water partition coefficient (Wildman–Crippen LogP) is 20.1. The monoisotopic (exact) mass is 1140 g/mol. The zero-order chi connectivity index (χ0) is 58.6. The standard InChI is InChI=1S/C70H125N2O7P/c1-7-10-13-16-19-22-25-28-30-31-32-33-34-35-36-37-38-39-40-41-43-45-48-51-54-57-60-63-70(74)79-68(61-58-55-52-49-46-27-24-21-18-15-12-9-3)67(66-78-80(75,76)77-65-64-72(4,5)6)71-69(73)62-59-56-53-50-47-44-42-29-26-23-20-17-14-11-8-2/h10,13,19-20,22-23,26,28-30,32-33,35-36,58,61,67-68H,7-9,11-12,14-18,21,24-25,27,31,34,37-57,59-60,62-66H2,1-6H3,(H-,71,73,75,76)/b13-10-,22-19-,23-20+,29-26+,30-28-,33-32-,36-35-,61-58-. The summed E-state index contributed by atoms with van der Waals surface area (Å²) in [6, 6.07) is -0.900. The van der Waals surface area contributed by atoms with Crippen LogP contribution in [0.15, 0.2) is 97.2 Å². The molecule has 80 heavy (non-hydrogen) atoms. The third kappa shape index (κ3) is 59.5. The van der Waals surface area contributed by atoms with Crippen molar-refractivity contribution in [3.05, 3.63) is 97.2 Å². The molecule has 0 spiro atoms. The molecule has 0 heterocycles. The Morgan fingerprint density at radius 2 is 0.838 bits per heavy atom. The normalized spacial score (nSPS) is 14.2. The SMILES string of the molecule is CC/C=C\C/C=C\C/C=C\C/C=C\C/C=C\CCCCCCCCCCCCCC(=O)OC(/C=C\CCCCCCCCCCCC)C(COP(=O)([O-])OCC[N+](C)(C)C)NC(=O)CCCCCCCC/C=C/C=C/CCCCC. The summed E-state index contributed by atoms with van der Waals surface area (Å²) < 4.78 is 30.3. The van der Waals surface area contributed by atoms with Gasteiger partial charge in [-0.2, -0.15) is 0 Å². The van der Waals surface area contributed by atoms with Crippen molar-refractivity contribution in [3.8, 4) is 0 Å². The molecule has 0 bridgehead atoms. The number of esters is 1. The van der Waals surface area contributed by atoms with Crippen LogP contribution in [0.2, 0.25) is 0 Å². The van der Waals surface area contributed by atoms with Crippen LogP contribution in [0, 0.1) is 0 Å².